The average Bonchev–Trinajstić information content (AvgIpc) is 2.65. The second-order valence-corrected chi connectivity index (χ2v) is 6.63. The molecule has 0 aromatic heterocycles. The number of rotatable bonds is 7. The molecule has 0 aliphatic rings. The minimum Gasteiger partial charge on any atom is -0.452 e. The van der Waals surface area contributed by atoms with E-state index in [4.69, 9.17) is 10.00 Å². The van der Waals surface area contributed by atoms with E-state index in [0.717, 1.165) is 9.79 Å². The van der Waals surface area contributed by atoms with E-state index in [-0.39, 0.29) is 12.4 Å². The van der Waals surface area contributed by atoms with Gasteiger partial charge < -0.3 is 10.1 Å². The third kappa shape index (κ3) is 5.55. The second-order valence-electron chi connectivity index (χ2n) is 4.77. The van der Waals surface area contributed by atoms with Crippen LogP contribution in [0, 0.1) is 11.3 Å². The standard InChI is InChI=1S/C18H16N2O3S2/c1-24-15-8-4-2-6-13(15)18(22)23-12-17(21)20-14-7-3-5-9-16(14)25-11-10-19/h2-9H,11-12H2,1H3,(H,20,21). The zero-order chi connectivity index (χ0) is 18.1. The molecule has 25 heavy (non-hydrogen) atoms. The van der Waals surface area contributed by atoms with E-state index in [0.29, 0.717) is 11.3 Å². The Hall–Kier alpha value is -2.43. The van der Waals surface area contributed by atoms with E-state index >= 15 is 0 Å². The minimum atomic E-state index is -0.535. The Bertz CT molecular complexity index is 803. The van der Waals surface area contributed by atoms with Crippen LogP contribution in [0.15, 0.2) is 58.3 Å². The normalized spacial score (nSPS) is 9.92. The quantitative estimate of drug-likeness (QED) is 0.588. The molecule has 5 nitrogen and oxygen atoms in total. The summed E-state index contributed by atoms with van der Waals surface area (Å²) in [4.78, 5) is 25.8. The van der Waals surface area contributed by atoms with Gasteiger partial charge >= 0.3 is 5.97 Å². The van der Waals surface area contributed by atoms with E-state index in [1.165, 1.54) is 23.5 Å². The molecule has 0 unspecified atom stereocenters. The van der Waals surface area contributed by atoms with Crippen molar-refractivity contribution in [3.63, 3.8) is 0 Å². The first-order chi connectivity index (χ1) is 12.2. The van der Waals surface area contributed by atoms with E-state index in [2.05, 4.69) is 5.32 Å². The van der Waals surface area contributed by atoms with Crippen molar-refractivity contribution >= 4 is 41.1 Å². The fourth-order valence-corrected chi connectivity index (χ4v) is 3.27. The number of nitriles is 1. The van der Waals surface area contributed by atoms with Gasteiger partial charge in [0.1, 0.15) is 0 Å². The average molecular weight is 372 g/mol. The van der Waals surface area contributed by atoms with Crippen molar-refractivity contribution in [2.75, 3.05) is 23.9 Å². The summed E-state index contributed by atoms with van der Waals surface area (Å²) in [6, 6.07) is 16.3. The van der Waals surface area contributed by atoms with Crippen LogP contribution in [-0.2, 0) is 9.53 Å². The van der Waals surface area contributed by atoms with E-state index in [1.807, 2.05) is 36.6 Å². The molecule has 0 saturated carbocycles. The molecule has 0 aliphatic carbocycles. The number of benzene rings is 2. The zero-order valence-corrected chi connectivity index (χ0v) is 15.2. The van der Waals surface area contributed by atoms with Crippen LogP contribution in [-0.4, -0.2) is 30.5 Å². The van der Waals surface area contributed by atoms with E-state index < -0.39 is 11.9 Å². The third-order valence-corrected chi connectivity index (χ3v) is 4.85. The van der Waals surface area contributed by atoms with Gasteiger partial charge in [-0.3, -0.25) is 4.79 Å². The lowest BCUT2D eigenvalue weighted by atomic mass is 10.2. The molecule has 2 rings (SSSR count). The number of esters is 1. The summed E-state index contributed by atoms with van der Waals surface area (Å²) in [6.07, 6.45) is 1.87. The van der Waals surface area contributed by atoms with Crippen molar-refractivity contribution in [3.8, 4) is 6.07 Å². The number of hydrogen-bond acceptors (Lipinski definition) is 6. The lowest BCUT2D eigenvalue weighted by Gasteiger charge is -2.11. The van der Waals surface area contributed by atoms with Crippen molar-refractivity contribution in [2.24, 2.45) is 0 Å². The molecule has 1 N–H and O–H groups in total. The maximum atomic E-state index is 12.1. The van der Waals surface area contributed by atoms with Crippen molar-refractivity contribution in [1.29, 1.82) is 5.26 Å². The first-order valence-electron chi connectivity index (χ1n) is 7.34. The first-order valence-corrected chi connectivity index (χ1v) is 9.55. The van der Waals surface area contributed by atoms with Crippen LogP contribution >= 0.6 is 23.5 Å². The van der Waals surface area contributed by atoms with Crippen LogP contribution in [0.25, 0.3) is 0 Å². The Labute approximate surface area is 154 Å². The van der Waals surface area contributed by atoms with Gasteiger partial charge in [0.25, 0.3) is 5.91 Å². The molecule has 7 heteroatoms. The molecule has 0 bridgehead atoms. The summed E-state index contributed by atoms with van der Waals surface area (Å²) in [6.45, 7) is -0.376. The van der Waals surface area contributed by atoms with Gasteiger partial charge in [0, 0.05) is 9.79 Å². The van der Waals surface area contributed by atoms with E-state index in [1.54, 1.807) is 24.3 Å². The molecule has 0 saturated heterocycles. The van der Waals surface area contributed by atoms with Crippen LogP contribution in [0.1, 0.15) is 10.4 Å². The summed E-state index contributed by atoms with van der Waals surface area (Å²) in [5, 5.41) is 11.4. The highest BCUT2D eigenvalue weighted by atomic mass is 32.2. The predicted molar refractivity (Wildman–Crippen MR) is 99.9 cm³/mol. The molecule has 2 aromatic carbocycles. The highest BCUT2D eigenvalue weighted by molar-refractivity contribution is 7.99. The summed E-state index contributed by atoms with van der Waals surface area (Å²) in [5.41, 5.74) is 1.03. The summed E-state index contributed by atoms with van der Waals surface area (Å²) < 4.78 is 5.10. The molecule has 0 spiro atoms. The van der Waals surface area contributed by atoms with Gasteiger partial charge in [0.2, 0.25) is 0 Å². The lowest BCUT2D eigenvalue weighted by Crippen LogP contribution is -2.21. The molecule has 1 amide bonds. The molecular formula is C18H16N2O3S2. The first kappa shape index (κ1) is 18.9. The largest absolute Gasteiger partial charge is 0.452 e. The molecule has 0 fully saturated rings. The van der Waals surface area contributed by atoms with Gasteiger partial charge in [-0.15, -0.1) is 23.5 Å². The van der Waals surface area contributed by atoms with Crippen molar-refractivity contribution in [3.05, 3.63) is 54.1 Å². The molecule has 0 atom stereocenters. The number of carbonyl (C=O) groups excluding carboxylic acids is 2. The van der Waals surface area contributed by atoms with Gasteiger partial charge in [0.05, 0.1) is 23.1 Å². The van der Waals surface area contributed by atoms with Crippen LogP contribution in [0.5, 0.6) is 0 Å². The molecule has 0 aliphatic heterocycles. The molecule has 0 heterocycles. The number of nitrogens with zero attached hydrogens (tertiary/aromatic N) is 1. The highest BCUT2D eigenvalue weighted by Gasteiger charge is 2.14. The second kappa shape index (κ2) is 9.77. The highest BCUT2D eigenvalue weighted by Crippen LogP contribution is 2.26. The van der Waals surface area contributed by atoms with Crippen LogP contribution < -0.4 is 5.32 Å². The maximum absolute atomic E-state index is 12.1. The number of amides is 1. The zero-order valence-electron chi connectivity index (χ0n) is 13.5. The number of nitrogens with one attached hydrogen (secondary N) is 1. The molecular weight excluding hydrogens is 356 g/mol. The predicted octanol–water partition coefficient (Wildman–Crippen LogP) is 3.82. The number of carbonyl (C=O) groups is 2. The SMILES string of the molecule is CSc1ccccc1C(=O)OCC(=O)Nc1ccccc1SCC#N. The monoisotopic (exact) mass is 372 g/mol. The van der Waals surface area contributed by atoms with Crippen LogP contribution in [0.3, 0.4) is 0 Å². The lowest BCUT2D eigenvalue weighted by molar-refractivity contribution is -0.119. The smallest absolute Gasteiger partial charge is 0.339 e. The van der Waals surface area contributed by atoms with Gasteiger partial charge in [-0.05, 0) is 30.5 Å². The van der Waals surface area contributed by atoms with Gasteiger partial charge in [0.15, 0.2) is 6.61 Å². The Kier molecular flexibility index (Phi) is 7.38. The fraction of sp³-hybridized carbons (Fsp3) is 0.167. The molecule has 0 radical (unpaired) electrons. The fourth-order valence-electron chi connectivity index (χ4n) is 2.01. The molecule has 2 aromatic rings. The Morgan fingerprint density at radius 2 is 1.80 bits per heavy atom. The summed E-state index contributed by atoms with van der Waals surface area (Å²) >= 11 is 2.77. The summed E-state index contributed by atoms with van der Waals surface area (Å²) in [7, 11) is 0. The Balaban J connectivity index is 1.95. The van der Waals surface area contributed by atoms with Gasteiger partial charge in [-0.2, -0.15) is 5.26 Å². The van der Waals surface area contributed by atoms with Crippen molar-refractivity contribution < 1.29 is 14.3 Å². The summed E-state index contributed by atoms with van der Waals surface area (Å²) in [5.74, 6) is -0.680. The Morgan fingerprint density at radius 3 is 2.52 bits per heavy atom. The van der Waals surface area contributed by atoms with Gasteiger partial charge in [-0.25, -0.2) is 4.79 Å². The van der Waals surface area contributed by atoms with Crippen molar-refractivity contribution in [2.45, 2.75) is 9.79 Å². The number of hydrogen-bond donors (Lipinski definition) is 1. The van der Waals surface area contributed by atoms with E-state index in [9.17, 15) is 9.59 Å². The minimum absolute atomic E-state index is 0.285. The van der Waals surface area contributed by atoms with Crippen LogP contribution in [0.2, 0.25) is 0 Å². The number of ether oxygens (including phenoxy) is 1. The number of thioether (sulfide) groups is 2. The topological polar surface area (TPSA) is 79.2 Å². The van der Waals surface area contributed by atoms with Crippen molar-refractivity contribution in [1.82, 2.24) is 0 Å². The molecule has 128 valence electrons. The number of para-hydroxylation sites is 1. The third-order valence-electron chi connectivity index (χ3n) is 3.11. The van der Waals surface area contributed by atoms with Gasteiger partial charge in [-0.1, -0.05) is 24.3 Å². The number of anilines is 1. The maximum Gasteiger partial charge on any atom is 0.339 e. The Morgan fingerprint density at radius 1 is 1.12 bits per heavy atom. The van der Waals surface area contributed by atoms with Crippen LogP contribution in [0.4, 0.5) is 5.69 Å².